The molecule has 12 heteroatoms. The summed E-state index contributed by atoms with van der Waals surface area (Å²) in [6.07, 6.45) is 4.64. The molecule has 0 fully saturated rings. The summed E-state index contributed by atoms with van der Waals surface area (Å²) in [6.45, 7) is 7.42. The first-order valence-electron chi connectivity index (χ1n) is 12.6. The zero-order chi connectivity index (χ0) is 29.1. The van der Waals surface area contributed by atoms with Gasteiger partial charge in [0.05, 0.1) is 22.6 Å². The predicted molar refractivity (Wildman–Crippen MR) is 153 cm³/mol. The van der Waals surface area contributed by atoms with Gasteiger partial charge in [-0.2, -0.15) is 5.10 Å². The van der Waals surface area contributed by atoms with Crippen LogP contribution >= 0.6 is 0 Å². The van der Waals surface area contributed by atoms with Crippen LogP contribution < -0.4 is 20.7 Å². The van der Waals surface area contributed by atoms with Crippen molar-refractivity contribution in [2.45, 2.75) is 33.1 Å². The normalized spacial score (nSPS) is 11.2. The Kier molecular flexibility index (Phi) is 7.30. The second-order valence-electron chi connectivity index (χ2n) is 10.2. The van der Waals surface area contributed by atoms with Crippen LogP contribution in [-0.4, -0.2) is 36.7 Å². The summed E-state index contributed by atoms with van der Waals surface area (Å²) < 4.78 is 22.2. The molecule has 2 aromatic carbocycles. The lowest BCUT2D eigenvalue weighted by atomic mass is 9.92. The average molecular weight is 555 g/mol. The third-order valence-electron chi connectivity index (χ3n) is 5.91. The van der Waals surface area contributed by atoms with Crippen LogP contribution in [0.25, 0.3) is 16.6 Å². The van der Waals surface area contributed by atoms with Crippen LogP contribution in [0.15, 0.2) is 73.3 Å². The zero-order valence-corrected chi connectivity index (χ0v) is 22.8. The molecule has 0 radical (unpaired) electrons. The largest absolute Gasteiger partial charge is 0.457 e. The SMILES string of the molecule is CC(=O)Nc1cc(Oc2ccc(NC(=O)Nc3cc(C(C)(C)C)nn3-c3ccc4ncncc4c3)c(F)c2)ccn1. The molecule has 5 aromatic rings. The molecule has 0 unspecified atom stereocenters. The molecule has 3 amide bonds. The number of aromatic nitrogens is 5. The Bertz CT molecular complexity index is 1760. The maximum absolute atomic E-state index is 14.9. The fourth-order valence-electron chi connectivity index (χ4n) is 3.93. The topological polar surface area (TPSA) is 136 Å². The molecular formula is C29H27FN8O3. The summed E-state index contributed by atoms with van der Waals surface area (Å²) in [5.41, 5.74) is 1.89. The summed E-state index contributed by atoms with van der Waals surface area (Å²) in [6, 6.07) is 13.8. The Morgan fingerprint density at radius 2 is 1.73 bits per heavy atom. The van der Waals surface area contributed by atoms with Crippen LogP contribution in [0.3, 0.4) is 0 Å². The quantitative estimate of drug-likeness (QED) is 0.233. The number of benzene rings is 2. The summed E-state index contributed by atoms with van der Waals surface area (Å²) in [4.78, 5) is 36.6. The molecule has 3 aromatic heterocycles. The molecule has 3 heterocycles. The van der Waals surface area contributed by atoms with Crippen LogP contribution in [0, 0.1) is 5.82 Å². The van der Waals surface area contributed by atoms with Gasteiger partial charge in [0.25, 0.3) is 0 Å². The van der Waals surface area contributed by atoms with Gasteiger partial charge in [-0.25, -0.2) is 28.8 Å². The van der Waals surface area contributed by atoms with E-state index in [0.717, 1.165) is 22.7 Å². The number of ether oxygens (including phenoxy) is 1. The fraction of sp³-hybridized carbons (Fsp3) is 0.172. The Labute approximate surface area is 234 Å². The first-order valence-corrected chi connectivity index (χ1v) is 12.6. The first-order chi connectivity index (χ1) is 19.5. The van der Waals surface area contributed by atoms with Gasteiger partial charge < -0.3 is 15.4 Å². The van der Waals surface area contributed by atoms with Crippen molar-refractivity contribution in [1.82, 2.24) is 24.7 Å². The van der Waals surface area contributed by atoms with E-state index in [2.05, 4.69) is 30.9 Å². The number of carbonyl (C=O) groups is 2. The number of hydrogen-bond acceptors (Lipinski definition) is 7. The summed E-state index contributed by atoms with van der Waals surface area (Å²) >= 11 is 0. The Balaban J connectivity index is 1.34. The lowest BCUT2D eigenvalue weighted by Crippen LogP contribution is -2.22. The van der Waals surface area contributed by atoms with Gasteiger partial charge in [0.2, 0.25) is 5.91 Å². The van der Waals surface area contributed by atoms with E-state index >= 15 is 0 Å². The number of amides is 3. The van der Waals surface area contributed by atoms with Gasteiger partial charge >= 0.3 is 6.03 Å². The van der Waals surface area contributed by atoms with Gasteiger partial charge in [0.15, 0.2) is 0 Å². The maximum Gasteiger partial charge on any atom is 0.324 e. The van der Waals surface area contributed by atoms with Crippen LogP contribution in [-0.2, 0) is 10.2 Å². The van der Waals surface area contributed by atoms with Gasteiger partial charge in [-0.15, -0.1) is 0 Å². The fourth-order valence-corrected chi connectivity index (χ4v) is 3.93. The lowest BCUT2D eigenvalue weighted by molar-refractivity contribution is -0.114. The standard InChI is InChI=1S/C29H27FN8O3/c1-17(39)34-26-13-21(9-10-32-26)41-20-6-8-24(22(30)12-20)35-28(40)36-27-14-25(29(2,3)4)37-38(27)19-5-7-23-18(11-19)15-31-16-33-23/h5-16H,1-4H3,(H,32,34,39)(H2,35,36,40). The maximum atomic E-state index is 14.9. The molecule has 0 spiro atoms. The number of urea groups is 1. The minimum atomic E-state index is -0.702. The molecule has 208 valence electrons. The minimum absolute atomic E-state index is 0.0477. The highest BCUT2D eigenvalue weighted by Gasteiger charge is 2.22. The monoisotopic (exact) mass is 554 g/mol. The van der Waals surface area contributed by atoms with Crippen molar-refractivity contribution in [3.63, 3.8) is 0 Å². The molecule has 3 N–H and O–H groups in total. The number of halogens is 1. The first kappa shape index (κ1) is 27.2. The van der Waals surface area contributed by atoms with Crippen LogP contribution in [0.5, 0.6) is 11.5 Å². The zero-order valence-electron chi connectivity index (χ0n) is 22.8. The average Bonchev–Trinajstić information content (AvgIpc) is 3.34. The van der Waals surface area contributed by atoms with E-state index in [1.165, 1.54) is 37.6 Å². The molecule has 41 heavy (non-hydrogen) atoms. The molecule has 0 aliphatic rings. The number of hydrogen-bond donors (Lipinski definition) is 3. The van der Waals surface area contributed by atoms with Crippen molar-refractivity contribution in [2.75, 3.05) is 16.0 Å². The molecule has 0 saturated carbocycles. The smallest absolute Gasteiger partial charge is 0.324 e. The van der Waals surface area contributed by atoms with Crippen molar-refractivity contribution in [1.29, 1.82) is 0 Å². The summed E-state index contributed by atoms with van der Waals surface area (Å²) in [5.74, 6) is 0.269. The second kappa shape index (κ2) is 11.0. The molecular weight excluding hydrogens is 527 g/mol. The van der Waals surface area contributed by atoms with Crippen LogP contribution in [0.2, 0.25) is 0 Å². The highest BCUT2D eigenvalue weighted by atomic mass is 19.1. The van der Waals surface area contributed by atoms with Gasteiger partial charge in [0, 0.05) is 48.3 Å². The van der Waals surface area contributed by atoms with E-state index in [-0.39, 0.29) is 22.8 Å². The molecule has 0 bridgehead atoms. The summed E-state index contributed by atoms with van der Waals surface area (Å²) in [7, 11) is 0. The number of rotatable bonds is 6. The summed E-state index contributed by atoms with van der Waals surface area (Å²) in [5, 5.41) is 13.4. The van der Waals surface area contributed by atoms with Crippen LogP contribution in [0.1, 0.15) is 33.4 Å². The molecule has 0 saturated heterocycles. The van der Waals surface area contributed by atoms with Crippen LogP contribution in [0.4, 0.5) is 26.5 Å². The molecule has 0 atom stereocenters. The van der Waals surface area contributed by atoms with E-state index < -0.39 is 11.8 Å². The van der Waals surface area contributed by atoms with E-state index in [9.17, 15) is 14.0 Å². The van der Waals surface area contributed by atoms with Gasteiger partial charge in [-0.3, -0.25) is 10.1 Å². The second-order valence-corrected chi connectivity index (χ2v) is 10.2. The Hall–Kier alpha value is -5.39. The molecule has 0 aliphatic heterocycles. The highest BCUT2D eigenvalue weighted by Crippen LogP contribution is 2.29. The molecule has 5 rings (SSSR count). The third-order valence-corrected chi connectivity index (χ3v) is 5.91. The van der Waals surface area contributed by atoms with Gasteiger partial charge in [-0.05, 0) is 36.4 Å². The van der Waals surface area contributed by atoms with Gasteiger partial charge in [-0.1, -0.05) is 20.8 Å². The van der Waals surface area contributed by atoms with E-state index in [0.29, 0.717) is 23.1 Å². The highest BCUT2D eigenvalue weighted by molar-refractivity contribution is 5.99. The third kappa shape index (κ3) is 6.44. The molecule has 0 aliphatic carbocycles. The van der Waals surface area contributed by atoms with Crippen molar-refractivity contribution >= 4 is 40.2 Å². The van der Waals surface area contributed by atoms with Crippen molar-refractivity contribution < 1.29 is 18.7 Å². The number of pyridine rings is 1. The van der Waals surface area contributed by atoms with E-state index in [1.54, 1.807) is 23.0 Å². The number of nitrogens with one attached hydrogen (secondary N) is 3. The van der Waals surface area contributed by atoms with E-state index in [4.69, 9.17) is 9.84 Å². The van der Waals surface area contributed by atoms with Crippen molar-refractivity contribution in [2.24, 2.45) is 0 Å². The Morgan fingerprint density at radius 3 is 2.49 bits per heavy atom. The van der Waals surface area contributed by atoms with E-state index in [1.807, 2.05) is 39.0 Å². The number of carbonyl (C=O) groups excluding carboxylic acids is 2. The Morgan fingerprint density at radius 1 is 0.927 bits per heavy atom. The van der Waals surface area contributed by atoms with Gasteiger partial charge in [0.1, 0.15) is 35.3 Å². The number of nitrogens with zero attached hydrogens (tertiary/aromatic N) is 5. The predicted octanol–water partition coefficient (Wildman–Crippen LogP) is 6.04. The molecule has 11 nitrogen and oxygen atoms in total. The van der Waals surface area contributed by atoms with Crippen molar-refractivity contribution in [3.05, 3.63) is 84.8 Å². The number of fused-ring (bicyclic) bond motifs is 1. The number of anilines is 3. The van der Waals surface area contributed by atoms with Crippen molar-refractivity contribution in [3.8, 4) is 17.2 Å². The lowest BCUT2D eigenvalue weighted by Gasteiger charge is -2.14. The minimum Gasteiger partial charge on any atom is -0.457 e.